The molecule has 2 heterocycles. The van der Waals surface area contributed by atoms with Gasteiger partial charge in [-0.25, -0.2) is 9.97 Å². The fraction of sp³-hybridized carbons (Fsp3) is 0.455. The van der Waals surface area contributed by atoms with E-state index in [1.165, 1.54) is 23.3 Å². The van der Waals surface area contributed by atoms with Crippen LogP contribution in [0.3, 0.4) is 0 Å². The molecule has 0 spiro atoms. The van der Waals surface area contributed by atoms with Gasteiger partial charge in [0.05, 0.1) is 11.3 Å². The van der Waals surface area contributed by atoms with E-state index in [4.69, 9.17) is 23.2 Å². The first kappa shape index (κ1) is 10.8. The molecule has 5 heteroatoms. The molecule has 2 nitrogen and oxygen atoms in total. The number of rotatable bonds is 1. The van der Waals surface area contributed by atoms with Gasteiger partial charge in [0.15, 0.2) is 0 Å². The van der Waals surface area contributed by atoms with Gasteiger partial charge in [0.1, 0.15) is 15.8 Å². The highest BCUT2D eigenvalue weighted by Gasteiger charge is 2.19. The molecule has 2 aromatic rings. The van der Waals surface area contributed by atoms with Gasteiger partial charge in [-0.15, -0.1) is 22.9 Å². The number of halogens is 2. The number of aromatic nitrogens is 2. The van der Waals surface area contributed by atoms with E-state index in [1.54, 1.807) is 11.3 Å². The van der Waals surface area contributed by atoms with Crippen LogP contribution < -0.4 is 0 Å². The lowest BCUT2D eigenvalue weighted by atomic mass is 9.97. The molecule has 0 N–H and O–H groups in total. The molecule has 1 aliphatic carbocycles. The quantitative estimate of drug-likeness (QED) is 0.580. The summed E-state index contributed by atoms with van der Waals surface area (Å²) in [4.78, 5) is 11.1. The van der Waals surface area contributed by atoms with E-state index >= 15 is 0 Å². The van der Waals surface area contributed by atoms with Crippen molar-refractivity contribution < 1.29 is 0 Å². The molecule has 0 amide bonds. The first-order chi connectivity index (χ1) is 7.79. The summed E-state index contributed by atoms with van der Waals surface area (Å²) in [6.07, 6.45) is 4.78. The van der Waals surface area contributed by atoms with Crippen LogP contribution in [0.25, 0.3) is 10.2 Å². The second-order valence-corrected chi connectivity index (χ2v) is 5.66. The number of nitrogens with zero attached hydrogens (tertiary/aromatic N) is 2. The Balaban J connectivity index is 2.30. The Hall–Kier alpha value is -0.380. The summed E-state index contributed by atoms with van der Waals surface area (Å²) in [5.41, 5.74) is 1.37. The van der Waals surface area contributed by atoms with Crippen LogP contribution in [0, 0.1) is 0 Å². The van der Waals surface area contributed by atoms with Crippen molar-refractivity contribution in [2.24, 2.45) is 0 Å². The first-order valence-electron chi connectivity index (χ1n) is 5.32. The minimum Gasteiger partial charge on any atom is -0.221 e. The number of hydrogen-bond donors (Lipinski definition) is 0. The zero-order chi connectivity index (χ0) is 11.1. The Morgan fingerprint density at radius 1 is 1.19 bits per heavy atom. The van der Waals surface area contributed by atoms with E-state index in [-0.39, 0.29) is 0 Å². The van der Waals surface area contributed by atoms with Crippen LogP contribution in [-0.2, 0) is 18.7 Å². The van der Waals surface area contributed by atoms with E-state index < -0.39 is 0 Å². The van der Waals surface area contributed by atoms with E-state index in [1.807, 2.05) is 0 Å². The third kappa shape index (κ3) is 1.62. The SMILES string of the molecule is ClCc1nc(Cl)c2c3c(sc2n1)CCCC3. The summed E-state index contributed by atoms with van der Waals surface area (Å²) in [6.45, 7) is 0. The molecule has 0 saturated heterocycles. The normalized spacial score (nSPS) is 15.4. The zero-order valence-corrected chi connectivity index (χ0v) is 10.9. The van der Waals surface area contributed by atoms with Crippen LogP contribution in [0.15, 0.2) is 0 Å². The van der Waals surface area contributed by atoms with Crippen molar-refractivity contribution in [3.05, 3.63) is 21.4 Å². The van der Waals surface area contributed by atoms with E-state index in [9.17, 15) is 0 Å². The minimum absolute atomic E-state index is 0.318. The highest BCUT2D eigenvalue weighted by Crippen LogP contribution is 2.38. The summed E-state index contributed by atoms with van der Waals surface area (Å²) in [7, 11) is 0. The molecule has 0 fully saturated rings. The highest BCUT2D eigenvalue weighted by molar-refractivity contribution is 7.19. The van der Waals surface area contributed by atoms with Crippen LogP contribution in [0.4, 0.5) is 0 Å². The fourth-order valence-corrected chi connectivity index (χ4v) is 3.97. The number of aryl methyl sites for hydroxylation is 2. The van der Waals surface area contributed by atoms with Crippen molar-refractivity contribution in [3.63, 3.8) is 0 Å². The van der Waals surface area contributed by atoms with E-state index in [0.29, 0.717) is 16.9 Å². The number of thiophene rings is 1. The van der Waals surface area contributed by atoms with Crippen molar-refractivity contribution in [2.45, 2.75) is 31.6 Å². The molecule has 0 aromatic carbocycles. The zero-order valence-electron chi connectivity index (χ0n) is 8.59. The third-order valence-corrected chi connectivity index (χ3v) is 4.63. The van der Waals surface area contributed by atoms with Gasteiger partial charge in [-0.3, -0.25) is 0 Å². The second-order valence-electron chi connectivity index (χ2n) is 3.96. The van der Waals surface area contributed by atoms with Crippen molar-refractivity contribution >= 4 is 44.8 Å². The van der Waals surface area contributed by atoms with Crippen LogP contribution in [-0.4, -0.2) is 9.97 Å². The molecule has 1 aliphatic rings. The minimum atomic E-state index is 0.318. The average Bonchev–Trinajstić information content (AvgIpc) is 2.67. The summed E-state index contributed by atoms with van der Waals surface area (Å²) in [5.74, 6) is 0.941. The Labute approximate surface area is 108 Å². The van der Waals surface area contributed by atoms with Crippen molar-refractivity contribution in [1.82, 2.24) is 9.97 Å². The monoisotopic (exact) mass is 272 g/mol. The summed E-state index contributed by atoms with van der Waals surface area (Å²) in [5, 5.41) is 1.63. The topological polar surface area (TPSA) is 25.8 Å². The lowest BCUT2D eigenvalue weighted by Gasteiger charge is -2.10. The van der Waals surface area contributed by atoms with Crippen LogP contribution >= 0.6 is 34.5 Å². The summed E-state index contributed by atoms with van der Waals surface area (Å²) in [6, 6.07) is 0. The lowest BCUT2D eigenvalue weighted by Crippen LogP contribution is -1.99. The van der Waals surface area contributed by atoms with Crippen molar-refractivity contribution in [3.8, 4) is 0 Å². The maximum Gasteiger partial charge on any atom is 0.146 e. The van der Waals surface area contributed by atoms with Gasteiger partial charge >= 0.3 is 0 Å². The average molecular weight is 273 g/mol. The molecule has 3 rings (SSSR count). The number of fused-ring (bicyclic) bond motifs is 3. The van der Waals surface area contributed by atoms with Gasteiger partial charge in [-0.2, -0.15) is 0 Å². The standard InChI is InChI=1S/C11H10Cl2N2S/c12-5-8-14-10(13)9-6-3-1-2-4-7(6)16-11(9)15-8/h1-5H2. The van der Waals surface area contributed by atoms with Crippen molar-refractivity contribution in [2.75, 3.05) is 0 Å². The Kier molecular flexibility index (Phi) is 2.78. The van der Waals surface area contributed by atoms with Gasteiger partial charge in [0, 0.05) is 4.88 Å². The molecule has 0 saturated carbocycles. The fourth-order valence-electron chi connectivity index (χ4n) is 2.21. The van der Waals surface area contributed by atoms with Crippen LogP contribution in [0.5, 0.6) is 0 Å². The number of alkyl halides is 1. The summed E-state index contributed by atoms with van der Waals surface area (Å²) >= 11 is 13.7. The Morgan fingerprint density at radius 3 is 2.81 bits per heavy atom. The molecule has 0 radical (unpaired) electrons. The van der Waals surface area contributed by atoms with Crippen LogP contribution in [0.1, 0.15) is 29.1 Å². The Bertz CT molecular complexity index is 550. The highest BCUT2D eigenvalue weighted by atomic mass is 35.5. The molecule has 0 bridgehead atoms. The second kappa shape index (κ2) is 4.13. The van der Waals surface area contributed by atoms with Gasteiger partial charge in [0.2, 0.25) is 0 Å². The van der Waals surface area contributed by atoms with Crippen LogP contribution in [0.2, 0.25) is 5.15 Å². The molecule has 16 heavy (non-hydrogen) atoms. The van der Waals surface area contributed by atoms with Gasteiger partial charge in [0.25, 0.3) is 0 Å². The number of hydrogen-bond acceptors (Lipinski definition) is 3. The molecule has 0 unspecified atom stereocenters. The third-order valence-electron chi connectivity index (χ3n) is 2.94. The predicted molar refractivity (Wildman–Crippen MR) is 68.6 cm³/mol. The molecule has 0 atom stereocenters. The maximum absolute atomic E-state index is 6.22. The smallest absolute Gasteiger partial charge is 0.146 e. The Morgan fingerprint density at radius 2 is 2.00 bits per heavy atom. The van der Waals surface area contributed by atoms with Crippen molar-refractivity contribution in [1.29, 1.82) is 0 Å². The predicted octanol–water partition coefficient (Wildman–Crippen LogP) is 3.96. The van der Waals surface area contributed by atoms with Gasteiger partial charge in [-0.1, -0.05) is 11.6 Å². The summed E-state index contributed by atoms with van der Waals surface area (Å²) < 4.78 is 0. The van der Waals surface area contributed by atoms with E-state index in [0.717, 1.165) is 23.1 Å². The van der Waals surface area contributed by atoms with Gasteiger partial charge < -0.3 is 0 Å². The molecule has 0 aliphatic heterocycles. The molecule has 2 aromatic heterocycles. The largest absolute Gasteiger partial charge is 0.221 e. The molecular weight excluding hydrogens is 263 g/mol. The molecular formula is C11H10Cl2N2S. The first-order valence-corrected chi connectivity index (χ1v) is 7.05. The van der Waals surface area contributed by atoms with E-state index in [2.05, 4.69) is 9.97 Å². The van der Waals surface area contributed by atoms with Gasteiger partial charge in [-0.05, 0) is 31.2 Å². The lowest BCUT2D eigenvalue weighted by molar-refractivity contribution is 0.700. The maximum atomic E-state index is 6.22. The molecule has 84 valence electrons.